The Labute approximate surface area is 201 Å². The van der Waals surface area contributed by atoms with Crippen molar-refractivity contribution < 1.29 is 23.2 Å². The summed E-state index contributed by atoms with van der Waals surface area (Å²) in [6.07, 6.45) is -1.23. The van der Waals surface area contributed by atoms with Gasteiger partial charge < -0.3 is 9.84 Å². The highest BCUT2D eigenvalue weighted by Crippen LogP contribution is 2.36. The van der Waals surface area contributed by atoms with Crippen molar-refractivity contribution in [2.75, 3.05) is 18.0 Å². The van der Waals surface area contributed by atoms with Gasteiger partial charge in [-0.15, -0.1) is 5.10 Å². The molecule has 0 fully saturated rings. The maximum Gasteiger partial charge on any atom is 0.271 e. The van der Waals surface area contributed by atoms with E-state index in [0.717, 1.165) is 15.9 Å². The topological polar surface area (TPSA) is 141 Å². The zero-order valence-corrected chi connectivity index (χ0v) is 19.8. The van der Waals surface area contributed by atoms with E-state index in [2.05, 4.69) is 10.3 Å². The van der Waals surface area contributed by atoms with Gasteiger partial charge in [-0.3, -0.25) is 14.4 Å². The van der Waals surface area contributed by atoms with E-state index in [1.807, 2.05) is 13.0 Å². The molecule has 12 heteroatoms. The molecule has 0 aliphatic rings. The number of aliphatic hydroxyl groups is 1. The van der Waals surface area contributed by atoms with Crippen molar-refractivity contribution in [3.63, 3.8) is 0 Å². The summed E-state index contributed by atoms with van der Waals surface area (Å²) in [7, 11) is -2.90. The number of methoxy groups -OCH3 is 1. The van der Waals surface area contributed by atoms with Gasteiger partial charge in [0.1, 0.15) is 17.0 Å². The van der Waals surface area contributed by atoms with Crippen molar-refractivity contribution in [1.82, 2.24) is 15.0 Å². The third-order valence-electron chi connectivity index (χ3n) is 5.43. The molecule has 35 heavy (non-hydrogen) atoms. The van der Waals surface area contributed by atoms with Crippen molar-refractivity contribution >= 4 is 32.4 Å². The van der Waals surface area contributed by atoms with Crippen molar-refractivity contribution in [3.05, 3.63) is 82.4 Å². The fourth-order valence-electron chi connectivity index (χ4n) is 3.65. The van der Waals surface area contributed by atoms with Crippen LogP contribution in [0.15, 0.2) is 71.6 Å². The minimum atomic E-state index is -4.24. The van der Waals surface area contributed by atoms with Crippen LogP contribution in [0.2, 0.25) is 0 Å². The van der Waals surface area contributed by atoms with Gasteiger partial charge in [0.15, 0.2) is 0 Å². The van der Waals surface area contributed by atoms with Gasteiger partial charge >= 0.3 is 0 Å². The first-order valence-corrected chi connectivity index (χ1v) is 12.0. The van der Waals surface area contributed by atoms with Crippen molar-refractivity contribution in [2.45, 2.75) is 24.5 Å². The fraction of sp³-hybridized carbons (Fsp3) is 0.217. The molecular weight excluding hydrogens is 474 g/mol. The summed E-state index contributed by atoms with van der Waals surface area (Å²) in [5.41, 5.74) is 1.78. The molecule has 0 aliphatic carbocycles. The number of para-hydroxylation sites is 1. The Kier molecular flexibility index (Phi) is 6.67. The number of nitrogens with zero attached hydrogens (tertiary/aromatic N) is 5. The van der Waals surface area contributed by atoms with E-state index in [-0.39, 0.29) is 28.6 Å². The Bertz CT molecular complexity index is 1470. The molecule has 3 aromatic carbocycles. The molecule has 0 radical (unpaired) electrons. The van der Waals surface area contributed by atoms with E-state index in [9.17, 15) is 23.6 Å². The number of aliphatic hydroxyl groups excluding tert-OH is 1. The number of fused-ring (bicyclic) bond motifs is 1. The van der Waals surface area contributed by atoms with Gasteiger partial charge in [-0.25, -0.2) is 13.1 Å². The van der Waals surface area contributed by atoms with E-state index >= 15 is 0 Å². The lowest BCUT2D eigenvalue weighted by Crippen LogP contribution is -2.39. The molecule has 1 aromatic heterocycles. The summed E-state index contributed by atoms with van der Waals surface area (Å²) in [6, 6.07) is 17.0. The third-order valence-corrected chi connectivity index (χ3v) is 7.23. The van der Waals surface area contributed by atoms with Crippen LogP contribution in [0.1, 0.15) is 5.56 Å². The number of non-ortho nitro benzene ring substituents is 1. The van der Waals surface area contributed by atoms with Crippen LogP contribution >= 0.6 is 0 Å². The van der Waals surface area contributed by atoms with E-state index in [1.54, 1.807) is 30.3 Å². The second kappa shape index (κ2) is 9.68. The lowest BCUT2D eigenvalue weighted by molar-refractivity contribution is -0.384. The van der Waals surface area contributed by atoms with Crippen molar-refractivity contribution in [1.29, 1.82) is 0 Å². The maximum atomic E-state index is 13.7. The van der Waals surface area contributed by atoms with Crippen LogP contribution in [0.4, 0.5) is 11.4 Å². The number of benzene rings is 3. The maximum absolute atomic E-state index is 13.7. The average Bonchev–Trinajstić information content (AvgIpc) is 3.25. The molecule has 1 N–H and O–H groups in total. The van der Waals surface area contributed by atoms with Crippen LogP contribution < -0.4 is 9.04 Å². The molecule has 0 spiro atoms. The quantitative estimate of drug-likeness (QED) is 0.275. The van der Waals surface area contributed by atoms with Gasteiger partial charge in [0, 0.05) is 12.1 Å². The molecule has 182 valence electrons. The molecule has 1 heterocycles. The van der Waals surface area contributed by atoms with Crippen LogP contribution in [0.3, 0.4) is 0 Å². The number of hydrogen-bond donors (Lipinski definition) is 1. The lowest BCUT2D eigenvalue weighted by Gasteiger charge is -2.28. The Hall–Kier alpha value is -4.03. The highest BCUT2D eigenvalue weighted by atomic mass is 32.2. The molecule has 4 rings (SSSR count). The summed E-state index contributed by atoms with van der Waals surface area (Å²) in [5, 5.41) is 30.4. The zero-order chi connectivity index (χ0) is 25.2. The van der Waals surface area contributed by atoms with E-state index in [0.29, 0.717) is 11.0 Å². The highest BCUT2D eigenvalue weighted by molar-refractivity contribution is 7.92. The van der Waals surface area contributed by atoms with Gasteiger partial charge in [0.05, 0.1) is 41.6 Å². The molecule has 0 saturated heterocycles. The lowest BCUT2D eigenvalue weighted by atomic mass is 10.2. The van der Waals surface area contributed by atoms with Gasteiger partial charge in [0.2, 0.25) is 0 Å². The van der Waals surface area contributed by atoms with Crippen LogP contribution in [0, 0.1) is 17.0 Å². The molecule has 0 bridgehead atoms. The first kappa shape index (κ1) is 24.1. The summed E-state index contributed by atoms with van der Waals surface area (Å²) in [6.45, 7) is 1.35. The first-order valence-electron chi connectivity index (χ1n) is 10.6. The number of nitro benzene ring substituents is 1. The fourth-order valence-corrected chi connectivity index (χ4v) is 5.16. The van der Waals surface area contributed by atoms with Gasteiger partial charge in [-0.2, -0.15) is 0 Å². The molecule has 0 amide bonds. The Morgan fingerprint density at radius 3 is 2.54 bits per heavy atom. The predicted molar refractivity (Wildman–Crippen MR) is 129 cm³/mol. The van der Waals surface area contributed by atoms with Gasteiger partial charge in [-0.1, -0.05) is 35.0 Å². The first-order chi connectivity index (χ1) is 16.7. The van der Waals surface area contributed by atoms with Gasteiger partial charge in [0.25, 0.3) is 15.7 Å². The van der Waals surface area contributed by atoms with Crippen LogP contribution in [0.5, 0.6) is 5.75 Å². The standard InChI is InChI=1S/C23H23N5O6S/c1-16-7-10-19(11-8-16)35(32,33)27(22-13-17(28(30)31)9-12-23(22)34-2)15-18(29)14-26-21-6-4-3-5-20(21)24-25-26/h3-13,18,29H,14-15H2,1-2H3/t18-/m0/s1. The second-order valence-electron chi connectivity index (χ2n) is 7.88. The number of sulfonamides is 1. The zero-order valence-electron chi connectivity index (χ0n) is 19.0. The third kappa shape index (κ3) is 4.93. The van der Waals surface area contributed by atoms with Crippen molar-refractivity contribution in [2.24, 2.45) is 0 Å². The van der Waals surface area contributed by atoms with Gasteiger partial charge in [-0.05, 0) is 37.3 Å². The molecule has 4 aromatic rings. The molecule has 0 saturated carbocycles. The Morgan fingerprint density at radius 1 is 1.14 bits per heavy atom. The second-order valence-corrected chi connectivity index (χ2v) is 9.74. The minimum absolute atomic E-state index is 0.0323. The summed E-state index contributed by atoms with van der Waals surface area (Å²) in [4.78, 5) is 10.8. The number of aryl methyl sites for hydroxylation is 1. The van der Waals surface area contributed by atoms with Crippen LogP contribution in [0.25, 0.3) is 11.0 Å². The molecule has 11 nitrogen and oxygen atoms in total. The highest BCUT2D eigenvalue weighted by Gasteiger charge is 2.31. The van der Waals surface area contributed by atoms with Crippen LogP contribution in [-0.4, -0.2) is 53.2 Å². The van der Waals surface area contributed by atoms with E-state index in [4.69, 9.17) is 4.74 Å². The summed E-state index contributed by atoms with van der Waals surface area (Å²) >= 11 is 0. The average molecular weight is 498 g/mol. The normalized spacial score (nSPS) is 12.4. The Morgan fingerprint density at radius 2 is 1.86 bits per heavy atom. The van der Waals surface area contributed by atoms with E-state index in [1.165, 1.54) is 36.1 Å². The summed E-state index contributed by atoms with van der Waals surface area (Å²) in [5.74, 6) is 0.102. The Balaban J connectivity index is 1.76. The monoisotopic (exact) mass is 497 g/mol. The molecule has 1 atom stereocenters. The van der Waals surface area contributed by atoms with E-state index < -0.39 is 27.6 Å². The number of hydrogen-bond acceptors (Lipinski definition) is 8. The number of aromatic nitrogens is 3. The number of rotatable bonds is 9. The number of anilines is 1. The molecule has 0 unspecified atom stereocenters. The minimum Gasteiger partial charge on any atom is -0.495 e. The summed E-state index contributed by atoms with van der Waals surface area (Å²) < 4.78 is 35.1. The van der Waals surface area contributed by atoms with Crippen LogP contribution in [-0.2, 0) is 16.6 Å². The SMILES string of the molecule is COc1ccc([N+](=O)[O-])cc1N(C[C@@H](O)Cn1nnc2ccccc21)S(=O)(=O)c1ccc(C)cc1. The number of nitro groups is 1. The predicted octanol–water partition coefficient (Wildman–Crippen LogP) is 2.91. The smallest absolute Gasteiger partial charge is 0.271 e. The number of ether oxygens (including phenoxy) is 1. The largest absolute Gasteiger partial charge is 0.495 e. The van der Waals surface area contributed by atoms with Crippen molar-refractivity contribution in [3.8, 4) is 5.75 Å². The molecular formula is C23H23N5O6S. The molecule has 0 aliphatic heterocycles.